The second-order valence-corrected chi connectivity index (χ2v) is 6.49. The van der Waals surface area contributed by atoms with Gasteiger partial charge in [0.25, 0.3) is 5.91 Å². The number of hydrazine groups is 1. The predicted octanol–water partition coefficient (Wildman–Crippen LogP) is 0.959. The number of carbonyl (C=O) groups is 1. The van der Waals surface area contributed by atoms with E-state index >= 15 is 0 Å². The zero-order valence-electron chi connectivity index (χ0n) is 14.5. The number of nitrogens with one attached hydrogen (secondary N) is 1. The Labute approximate surface area is 151 Å². The molecule has 1 heterocycles. The molecule has 1 aliphatic rings. The highest BCUT2D eigenvalue weighted by Crippen LogP contribution is 2.25. The Morgan fingerprint density at radius 3 is 2.77 bits per heavy atom. The normalized spacial score (nSPS) is 21.0. The molecule has 3 rings (SSSR count). The third kappa shape index (κ3) is 4.04. The molecule has 0 spiro atoms. The van der Waals surface area contributed by atoms with Gasteiger partial charge in [0, 0.05) is 29.9 Å². The van der Waals surface area contributed by atoms with Crippen molar-refractivity contribution in [2.75, 3.05) is 0 Å². The summed E-state index contributed by atoms with van der Waals surface area (Å²) in [5.41, 5.74) is 7.09. The van der Waals surface area contributed by atoms with Crippen LogP contribution in [0.1, 0.15) is 30.3 Å². The van der Waals surface area contributed by atoms with Crippen molar-refractivity contribution in [3.63, 3.8) is 0 Å². The van der Waals surface area contributed by atoms with Crippen LogP contribution in [0.4, 0.5) is 0 Å². The summed E-state index contributed by atoms with van der Waals surface area (Å²) >= 11 is 0. The van der Waals surface area contributed by atoms with E-state index in [-0.39, 0.29) is 23.7 Å². The Balaban J connectivity index is 1.52. The van der Waals surface area contributed by atoms with Gasteiger partial charge >= 0.3 is 0 Å². The van der Waals surface area contributed by atoms with Crippen LogP contribution < -0.4 is 16.9 Å². The van der Waals surface area contributed by atoms with Gasteiger partial charge in [-0.05, 0) is 19.8 Å². The molecule has 6 N–H and O–H groups in total. The fraction of sp³-hybridized carbons (Fsp3) is 0.333. The zero-order chi connectivity index (χ0) is 18.7. The summed E-state index contributed by atoms with van der Waals surface area (Å²) in [5.74, 6) is 6.19. The number of rotatable bonds is 6. The SMILES string of the molecule is C[C@H](O)/C(N)=C/N(N)C1CC(NC(=O)c2cc(-c3ccccc3)on2)C1. The Hall–Kier alpha value is -2.84. The molecule has 26 heavy (non-hydrogen) atoms. The lowest BCUT2D eigenvalue weighted by Gasteiger charge is -2.40. The molecule has 1 saturated carbocycles. The number of hydrogen-bond donors (Lipinski definition) is 4. The Bertz CT molecular complexity index is 781. The number of nitrogens with two attached hydrogens (primary N) is 2. The number of amides is 1. The maximum Gasteiger partial charge on any atom is 0.273 e. The number of hydrogen-bond acceptors (Lipinski definition) is 7. The van der Waals surface area contributed by atoms with Crippen molar-refractivity contribution in [3.05, 3.63) is 54.0 Å². The molecule has 1 aromatic carbocycles. The van der Waals surface area contributed by atoms with Crippen molar-refractivity contribution in [1.29, 1.82) is 0 Å². The van der Waals surface area contributed by atoms with Crippen LogP contribution in [0.5, 0.6) is 0 Å². The van der Waals surface area contributed by atoms with Crippen LogP contribution in [0.3, 0.4) is 0 Å². The second-order valence-electron chi connectivity index (χ2n) is 6.49. The molecule has 1 fully saturated rings. The molecule has 1 aromatic heterocycles. The van der Waals surface area contributed by atoms with Gasteiger partial charge < -0.3 is 25.7 Å². The lowest BCUT2D eigenvalue weighted by Crippen LogP contribution is -2.54. The average molecular weight is 357 g/mol. The van der Waals surface area contributed by atoms with E-state index in [9.17, 15) is 9.90 Å². The minimum atomic E-state index is -0.748. The van der Waals surface area contributed by atoms with Crippen molar-refractivity contribution < 1.29 is 14.4 Å². The molecule has 8 heteroatoms. The molecule has 1 amide bonds. The first-order chi connectivity index (χ1) is 12.4. The average Bonchev–Trinajstić information content (AvgIpc) is 3.08. The van der Waals surface area contributed by atoms with E-state index < -0.39 is 6.10 Å². The topological polar surface area (TPSA) is 131 Å². The maximum absolute atomic E-state index is 12.3. The van der Waals surface area contributed by atoms with Gasteiger partial charge in [-0.3, -0.25) is 4.79 Å². The van der Waals surface area contributed by atoms with E-state index in [4.69, 9.17) is 16.1 Å². The van der Waals surface area contributed by atoms with Crippen LogP contribution in [-0.4, -0.2) is 39.4 Å². The molecule has 2 aromatic rings. The van der Waals surface area contributed by atoms with Crippen molar-refractivity contribution in [1.82, 2.24) is 15.5 Å². The number of nitrogens with zero attached hydrogens (tertiary/aromatic N) is 2. The Morgan fingerprint density at radius 2 is 2.12 bits per heavy atom. The molecule has 8 nitrogen and oxygen atoms in total. The highest BCUT2D eigenvalue weighted by Gasteiger charge is 2.33. The van der Waals surface area contributed by atoms with E-state index in [2.05, 4.69) is 10.5 Å². The molecule has 1 aliphatic carbocycles. The molecular formula is C18H23N5O3. The number of benzene rings is 1. The molecule has 0 aliphatic heterocycles. The zero-order valence-corrected chi connectivity index (χ0v) is 14.5. The van der Waals surface area contributed by atoms with Crippen LogP contribution in [0.25, 0.3) is 11.3 Å². The lowest BCUT2D eigenvalue weighted by atomic mass is 9.86. The van der Waals surface area contributed by atoms with Crippen LogP contribution >= 0.6 is 0 Å². The lowest BCUT2D eigenvalue weighted by molar-refractivity contribution is 0.0838. The first-order valence-electron chi connectivity index (χ1n) is 8.45. The monoisotopic (exact) mass is 357 g/mol. The quantitative estimate of drug-likeness (QED) is 0.447. The second kappa shape index (κ2) is 7.59. The fourth-order valence-electron chi connectivity index (χ4n) is 2.71. The van der Waals surface area contributed by atoms with Gasteiger partial charge in [0.15, 0.2) is 11.5 Å². The van der Waals surface area contributed by atoms with Gasteiger partial charge in [-0.25, -0.2) is 5.84 Å². The summed E-state index contributed by atoms with van der Waals surface area (Å²) in [5, 5.41) is 17.6. The van der Waals surface area contributed by atoms with Gasteiger partial charge in [0.2, 0.25) is 0 Å². The van der Waals surface area contributed by atoms with Gasteiger partial charge in [-0.15, -0.1) is 0 Å². The van der Waals surface area contributed by atoms with Crippen LogP contribution in [0.2, 0.25) is 0 Å². The van der Waals surface area contributed by atoms with E-state index in [1.54, 1.807) is 13.0 Å². The summed E-state index contributed by atoms with van der Waals surface area (Å²) in [6.45, 7) is 1.57. The summed E-state index contributed by atoms with van der Waals surface area (Å²) in [6.07, 6.45) is 2.16. The highest BCUT2D eigenvalue weighted by atomic mass is 16.5. The van der Waals surface area contributed by atoms with Crippen LogP contribution in [0, 0.1) is 0 Å². The van der Waals surface area contributed by atoms with Crippen LogP contribution in [0.15, 0.2) is 52.8 Å². The predicted molar refractivity (Wildman–Crippen MR) is 96.2 cm³/mol. The Kier molecular flexibility index (Phi) is 5.24. The van der Waals surface area contributed by atoms with Crippen molar-refractivity contribution in [2.24, 2.45) is 11.6 Å². The van der Waals surface area contributed by atoms with E-state index in [0.29, 0.717) is 24.3 Å². The third-order valence-electron chi connectivity index (χ3n) is 4.45. The van der Waals surface area contributed by atoms with E-state index in [1.165, 1.54) is 11.2 Å². The van der Waals surface area contributed by atoms with Crippen molar-refractivity contribution in [3.8, 4) is 11.3 Å². The minimum Gasteiger partial charge on any atom is -0.399 e. The summed E-state index contributed by atoms with van der Waals surface area (Å²) in [4.78, 5) is 12.3. The summed E-state index contributed by atoms with van der Waals surface area (Å²) < 4.78 is 5.25. The number of aliphatic hydroxyl groups is 1. The molecule has 0 radical (unpaired) electrons. The van der Waals surface area contributed by atoms with Gasteiger partial charge in [0.1, 0.15) is 0 Å². The molecule has 0 unspecified atom stereocenters. The van der Waals surface area contributed by atoms with Gasteiger partial charge in [-0.1, -0.05) is 35.5 Å². The highest BCUT2D eigenvalue weighted by molar-refractivity contribution is 5.93. The molecule has 1 atom stereocenters. The van der Waals surface area contributed by atoms with E-state index in [1.807, 2.05) is 30.3 Å². The Morgan fingerprint density at radius 1 is 1.42 bits per heavy atom. The third-order valence-corrected chi connectivity index (χ3v) is 4.45. The molecule has 0 bridgehead atoms. The number of aliphatic hydroxyl groups excluding tert-OH is 1. The van der Waals surface area contributed by atoms with Gasteiger partial charge in [-0.2, -0.15) is 0 Å². The largest absolute Gasteiger partial charge is 0.399 e. The molecule has 138 valence electrons. The summed E-state index contributed by atoms with van der Waals surface area (Å²) in [7, 11) is 0. The van der Waals surface area contributed by atoms with E-state index in [0.717, 1.165) is 5.56 Å². The molecular weight excluding hydrogens is 334 g/mol. The first-order valence-corrected chi connectivity index (χ1v) is 8.45. The maximum atomic E-state index is 12.3. The fourth-order valence-corrected chi connectivity index (χ4v) is 2.71. The number of carbonyl (C=O) groups excluding carboxylic acids is 1. The first kappa shape index (κ1) is 18.0. The smallest absolute Gasteiger partial charge is 0.273 e. The summed E-state index contributed by atoms with van der Waals surface area (Å²) in [6, 6.07) is 11.2. The standard InChI is InChI=1S/C18H23N5O3/c1-11(24)15(19)10-23(20)14-7-13(8-14)21-18(25)16-9-17(26-22-16)12-5-3-2-4-6-12/h2-6,9-11,13-14,24H,7-8,19-20H2,1H3,(H,21,25)/b15-10-/t11-,13?,14?/m0/s1. The molecule has 0 saturated heterocycles. The van der Waals surface area contributed by atoms with Gasteiger partial charge in [0.05, 0.1) is 11.8 Å². The minimum absolute atomic E-state index is 0.0107. The number of aromatic nitrogens is 1. The van der Waals surface area contributed by atoms with Crippen molar-refractivity contribution >= 4 is 5.91 Å². The van der Waals surface area contributed by atoms with Crippen molar-refractivity contribution in [2.45, 2.75) is 38.0 Å². The van der Waals surface area contributed by atoms with Crippen LogP contribution in [-0.2, 0) is 0 Å².